The fourth-order valence-corrected chi connectivity index (χ4v) is 4.72. The summed E-state index contributed by atoms with van der Waals surface area (Å²) >= 11 is 0. The highest BCUT2D eigenvalue weighted by Crippen LogP contribution is 2.36. The molecule has 0 saturated heterocycles. The van der Waals surface area contributed by atoms with Crippen LogP contribution in [0.1, 0.15) is 39.8 Å². The lowest BCUT2D eigenvalue weighted by Gasteiger charge is -2.25. The minimum atomic E-state index is 0.104. The third-order valence-corrected chi connectivity index (χ3v) is 6.22. The molecule has 2 N–H and O–H groups in total. The summed E-state index contributed by atoms with van der Waals surface area (Å²) in [5, 5.41) is 9.58. The fraction of sp³-hybridized carbons (Fsp3) is 0.320. The van der Waals surface area contributed by atoms with E-state index in [1.54, 1.807) is 14.2 Å². The second-order valence-corrected chi connectivity index (χ2v) is 8.22. The van der Waals surface area contributed by atoms with Crippen molar-refractivity contribution in [2.75, 3.05) is 20.8 Å². The van der Waals surface area contributed by atoms with E-state index in [1.807, 2.05) is 17.7 Å². The van der Waals surface area contributed by atoms with Crippen molar-refractivity contribution in [2.45, 2.75) is 32.9 Å². The number of aromatic nitrogens is 3. The van der Waals surface area contributed by atoms with Gasteiger partial charge in [-0.2, -0.15) is 5.10 Å². The van der Waals surface area contributed by atoms with Crippen LogP contribution in [0.4, 0.5) is 0 Å². The number of aryl methyl sites for hydroxylation is 2. The Morgan fingerprint density at radius 2 is 1.94 bits per heavy atom. The van der Waals surface area contributed by atoms with Gasteiger partial charge in [0.2, 0.25) is 0 Å². The molecule has 0 amide bonds. The van der Waals surface area contributed by atoms with Gasteiger partial charge in [0.15, 0.2) is 0 Å². The van der Waals surface area contributed by atoms with Crippen LogP contribution in [0.15, 0.2) is 42.5 Å². The SMILES string of the molecule is COc1ccc2[nH]c3c(c2c1)CCNC3c1ccc(OC)c(Cn2nc(C)cc2C)c1. The number of H-pyrrole nitrogens is 1. The van der Waals surface area contributed by atoms with Gasteiger partial charge in [0, 0.05) is 34.4 Å². The van der Waals surface area contributed by atoms with E-state index in [-0.39, 0.29) is 6.04 Å². The van der Waals surface area contributed by atoms with Gasteiger partial charge in [-0.1, -0.05) is 6.07 Å². The van der Waals surface area contributed by atoms with Gasteiger partial charge in [-0.3, -0.25) is 4.68 Å². The van der Waals surface area contributed by atoms with Crippen molar-refractivity contribution in [1.82, 2.24) is 20.1 Å². The average Bonchev–Trinajstić information content (AvgIpc) is 3.31. The number of methoxy groups -OCH3 is 2. The Balaban J connectivity index is 1.56. The van der Waals surface area contributed by atoms with E-state index in [9.17, 15) is 0 Å². The van der Waals surface area contributed by atoms with E-state index in [2.05, 4.69) is 58.7 Å². The van der Waals surface area contributed by atoms with Crippen LogP contribution >= 0.6 is 0 Å². The Labute approximate surface area is 182 Å². The van der Waals surface area contributed by atoms with Crippen LogP contribution in [0, 0.1) is 13.8 Å². The van der Waals surface area contributed by atoms with E-state index in [0.717, 1.165) is 46.9 Å². The summed E-state index contributed by atoms with van der Waals surface area (Å²) in [6.07, 6.45) is 0.994. The van der Waals surface area contributed by atoms with Crippen LogP contribution in [0.3, 0.4) is 0 Å². The first-order valence-corrected chi connectivity index (χ1v) is 10.7. The maximum absolute atomic E-state index is 5.67. The predicted molar refractivity (Wildman–Crippen MR) is 122 cm³/mol. The molecule has 1 aliphatic heterocycles. The molecule has 5 rings (SSSR count). The zero-order chi connectivity index (χ0) is 21.5. The standard InChI is InChI=1S/C25H28N4O2/c1-15-11-16(2)29(28-15)14-18-12-17(5-8-23(18)31-4)24-25-20(9-10-26-24)21-13-19(30-3)6-7-22(21)27-25/h5-8,11-13,24,26-27H,9-10,14H2,1-4H3. The molecule has 0 spiro atoms. The summed E-state index contributed by atoms with van der Waals surface area (Å²) in [5.41, 5.74) is 8.27. The largest absolute Gasteiger partial charge is 0.497 e. The Kier molecular flexibility index (Phi) is 4.94. The monoisotopic (exact) mass is 416 g/mol. The molecule has 0 saturated carbocycles. The van der Waals surface area contributed by atoms with Crippen molar-refractivity contribution in [3.8, 4) is 11.5 Å². The topological polar surface area (TPSA) is 64.1 Å². The summed E-state index contributed by atoms with van der Waals surface area (Å²) in [4.78, 5) is 3.66. The molecule has 2 aromatic carbocycles. The zero-order valence-electron chi connectivity index (χ0n) is 18.5. The van der Waals surface area contributed by atoms with Gasteiger partial charge in [-0.15, -0.1) is 0 Å². The molecule has 3 heterocycles. The molecule has 0 bridgehead atoms. The maximum Gasteiger partial charge on any atom is 0.123 e. The minimum Gasteiger partial charge on any atom is -0.497 e. The molecular formula is C25H28N4O2. The number of benzene rings is 2. The number of nitrogens with zero attached hydrogens (tertiary/aromatic N) is 2. The van der Waals surface area contributed by atoms with Crippen LogP contribution < -0.4 is 14.8 Å². The van der Waals surface area contributed by atoms with E-state index in [1.165, 1.54) is 22.2 Å². The minimum absolute atomic E-state index is 0.104. The quantitative estimate of drug-likeness (QED) is 0.510. The summed E-state index contributed by atoms with van der Waals surface area (Å²) < 4.78 is 13.2. The molecule has 160 valence electrons. The first-order valence-electron chi connectivity index (χ1n) is 10.7. The van der Waals surface area contributed by atoms with Crippen LogP contribution in [0.2, 0.25) is 0 Å². The number of nitrogens with one attached hydrogen (secondary N) is 2. The second-order valence-electron chi connectivity index (χ2n) is 8.22. The number of fused-ring (bicyclic) bond motifs is 3. The van der Waals surface area contributed by atoms with Crippen LogP contribution in [0.5, 0.6) is 11.5 Å². The summed E-state index contributed by atoms with van der Waals surface area (Å²) in [6, 6.07) is 14.9. The smallest absolute Gasteiger partial charge is 0.123 e. The molecule has 0 fully saturated rings. The summed E-state index contributed by atoms with van der Waals surface area (Å²) in [5.74, 6) is 1.77. The van der Waals surface area contributed by atoms with Crippen LogP contribution in [0.25, 0.3) is 10.9 Å². The van der Waals surface area contributed by atoms with Crippen molar-refractivity contribution in [3.05, 3.63) is 76.2 Å². The molecule has 1 aliphatic rings. The first-order chi connectivity index (χ1) is 15.1. The van der Waals surface area contributed by atoms with Crippen LogP contribution in [-0.2, 0) is 13.0 Å². The van der Waals surface area contributed by atoms with E-state index in [0.29, 0.717) is 6.54 Å². The zero-order valence-corrected chi connectivity index (χ0v) is 18.5. The Bertz CT molecular complexity index is 1250. The van der Waals surface area contributed by atoms with Gasteiger partial charge in [-0.05, 0) is 67.8 Å². The molecule has 31 heavy (non-hydrogen) atoms. The summed E-state index contributed by atoms with van der Waals surface area (Å²) in [6.45, 7) is 5.72. The van der Waals surface area contributed by atoms with Gasteiger partial charge >= 0.3 is 0 Å². The Morgan fingerprint density at radius 3 is 2.68 bits per heavy atom. The molecule has 6 nitrogen and oxygen atoms in total. The molecule has 0 aliphatic carbocycles. The third-order valence-electron chi connectivity index (χ3n) is 6.22. The van der Waals surface area contributed by atoms with Crippen molar-refractivity contribution in [2.24, 2.45) is 0 Å². The number of aromatic amines is 1. The molecule has 6 heteroatoms. The molecule has 1 unspecified atom stereocenters. The molecular weight excluding hydrogens is 388 g/mol. The number of ether oxygens (including phenoxy) is 2. The van der Waals surface area contributed by atoms with E-state index in [4.69, 9.17) is 9.47 Å². The van der Waals surface area contributed by atoms with E-state index < -0.39 is 0 Å². The van der Waals surface area contributed by atoms with Crippen molar-refractivity contribution >= 4 is 10.9 Å². The van der Waals surface area contributed by atoms with Gasteiger partial charge < -0.3 is 19.8 Å². The predicted octanol–water partition coefficient (Wildman–Crippen LogP) is 4.28. The number of hydrogen-bond acceptors (Lipinski definition) is 4. The molecule has 1 atom stereocenters. The Morgan fingerprint density at radius 1 is 1.06 bits per heavy atom. The Hall–Kier alpha value is -3.25. The van der Waals surface area contributed by atoms with Crippen molar-refractivity contribution < 1.29 is 9.47 Å². The average molecular weight is 417 g/mol. The fourth-order valence-electron chi connectivity index (χ4n) is 4.72. The normalized spacial score (nSPS) is 15.8. The van der Waals surface area contributed by atoms with E-state index >= 15 is 0 Å². The van der Waals surface area contributed by atoms with Gasteiger partial charge in [-0.25, -0.2) is 0 Å². The molecule has 2 aromatic heterocycles. The van der Waals surface area contributed by atoms with Gasteiger partial charge in [0.05, 0.1) is 32.5 Å². The highest BCUT2D eigenvalue weighted by Gasteiger charge is 2.26. The molecule has 4 aromatic rings. The highest BCUT2D eigenvalue weighted by molar-refractivity contribution is 5.86. The highest BCUT2D eigenvalue weighted by atomic mass is 16.5. The van der Waals surface area contributed by atoms with Crippen LogP contribution in [-0.4, -0.2) is 35.5 Å². The third kappa shape index (κ3) is 3.47. The summed E-state index contributed by atoms with van der Waals surface area (Å²) in [7, 11) is 3.44. The first kappa shape index (κ1) is 19.7. The lowest BCUT2D eigenvalue weighted by molar-refractivity contribution is 0.406. The second kappa shape index (κ2) is 7.78. The van der Waals surface area contributed by atoms with Gasteiger partial charge in [0.1, 0.15) is 11.5 Å². The van der Waals surface area contributed by atoms with Crippen molar-refractivity contribution in [3.63, 3.8) is 0 Å². The lowest BCUT2D eigenvalue weighted by Crippen LogP contribution is -2.30. The lowest BCUT2D eigenvalue weighted by atomic mass is 9.93. The maximum atomic E-state index is 5.67. The number of hydrogen-bond donors (Lipinski definition) is 2. The molecule has 0 radical (unpaired) electrons. The number of rotatable bonds is 5. The van der Waals surface area contributed by atoms with Gasteiger partial charge in [0.25, 0.3) is 0 Å². The van der Waals surface area contributed by atoms with Crippen molar-refractivity contribution in [1.29, 1.82) is 0 Å².